The Kier molecular flexibility index (Phi) is 3.38. The molecule has 0 bridgehead atoms. The molecule has 2 nitrogen and oxygen atoms in total. The minimum atomic E-state index is 0.0390. The normalized spacial score (nSPS) is 11.8. The summed E-state index contributed by atoms with van der Waals surface area (Å²) in [6, 6.07) is 7.98. The summed E-state index contributed by atoms with van der Waals surface area (Å²) in [7, 11) is 0. The minimum Gasteiger partial charge on any atom is -0.441 e. The molecular weight excluding hydrogens is 278 g/mol. The van der Waals surface area contributed by atoms with Crippen LogP contribution < -0.4 is 0 Å². The zero-order valence-electron chi connectivity index (χ0n) is 10.3. The topological polar surface area (TPSA) is 26.0 Å². The molecule has 1 aromatic heterocycles. The van der Waals surface area contributed by atoms with E-state index < -0.39 is 0 Å². The van der Waals surface area contributed by atoms with Gasteiger partial charge in [-0.05, 0) is 24.6 Å². The molecule has 0 saturated heterocycles. The average molecular weight is 294 g/mol. The molecule has 0 unspecified atom stereocenters. The van der Waals surface area contributed by atoms with E-state index in [2.05, 4.69) is 41.7 Å². The summed E-state index contributed by atoms with van der Waals surface area (Å²) < 4.78 is 6.88. The van der Waals surface area contributed by atoms with Crippen LogP contribution in [0.15, 0.2) is 39.4 Å². The van der Waals surface area contributed by atoms with E-state index in [9.17, 15) is 0 Å². The van der Waals surface area contributed by atoms with Gasteiger partial charge >= 0.3 is 0 Å². The first-order valence-corrected chi connectivity index (χ1v) is 6.54. The minimum absolute atomic E-state index is 0.0390. The second kappa shape index (κ2) is 4.65. The van der Waals surface area contributed by atoms with Crippen LogP contribution in [0.2, 0.25) is 0 Å². The van der Waals surface area contributed by atoms with E-state index in [1.165, 1.54) is 0 Å². The number of hydrogen-bond donors (Lipinski definition) is 0. The van der Waals surface area contributed by atoms with Gasteiger partial charge in [0.2, 0.25) is 5.89 Å². The van der Waals surface area contributed by atoms with Crippen LogP contribution in [-0.4, -0.2) is 4.98 Å². The third-order valence-electron chi connectivity index (χ3n) is 3.13. The summed E-state index contributed by atoms with van der Waals surface area (Å²) in [5.41, 5.74) is 1.04. The Labute approximate surface area is 110 Å². The van der Waals surface area contributed by atoms with E-state index in [0.717, 1.165) is 22.2 Å². The van der Waals surface area contributed by atoms with Gasteiger partial charge in [0.15, 0.2) is 0 Å². The second-order valence-corrected chi connectivity index (χ2v) is 5.69. The van der Waals surface area contributed by atoms with Crippen molar-refractivity contribution in [3.05, 3.63) is 40.7 Å². The van der Waals surface area contributed by atoms with Crippen molar-refractivity contribution in [1.82, 2.24) is 4.98 Å². The molecule has 3 heteroatoms. The van der Waals surface area contributed by atoms with Gasteiger partial charge in [0.05, 0.1) is 6.20 Å². The maximum atomic E-state index is 5.85. The maximum Gasteiger partial charge on any atom is 0.226 e. The highest BCUT2D eigenvalue weighted by atomic mass is 79.9. The Morgan fingerprint density at radius 1 is 1.35 bits per heavy atom. The van der Waals surface area contributed by atoms with Crippen LogP contribution in [0.4, 0.5) is 0 Å². The van der Waals surface area contributed by atoms with E-state index >= 15 is 0 Å². The molecule has 0 aliphatic heterocycles. The lowest BCUT2D eigenvalue weighted by atomic mass is 9.88. The number of rotatable bonds is 3. The molecule has 1 aromatic carbocycles. The zero-order chi connectivity index (χ0) is 12.5. The Balaban J connectivity index is 2.36. The lowest BCUT2D eigenvalue weighted by molar-refractivity contribution is 0.380. The van der Waals surface area contributed by atoms with Crippen LogP contribution in [0.25, 0.3) is 11.5 Å². The largest absolute Gasteiger partial charge is 0.441 e. The van der Waals surface area contributed by atoms with Crippen LogP contribution in [0.3, 0.4) is 0 Å². The smallest absolute Gasteiger partial charge is 0.226 e. The van der Waals surface area contributed by atoms with E-state index in [1.807, 2.05) is 30.5 Å². The molecule has 0 atom stereocenters. The van der Waals surface area contributed by atoms with Crippen molar-refractivity contribution in [2.75, 3.05) is 0 Å². The van der Waals surface area contributed by atoms with Gasteiger partial charge in [-0.3, -0.25) is 0 Å². The van der Waals surface area contributed by atoms with Crippen molar-refractivity contribution in [1.29, 1.82) is 0 Å². The van der Waals surface area contributed by atoms with Crippen LogP contribution in [-0.2, 0) is 5.41 Å². The van der Waals surface area contributed by atoms with Crippen LogP contribution in [0, 0.1) is 0 Å². The van der Waals surface area contributed by atoms with E-state index in [1.54, 1.807) is 0 Å². The molecule has 1 heterocycles. The molecule has 0 fully saturated rings. The zero-order valence-corrected chi connectivity index (χ0v) is 11.9. The molecule has 0 amide bonds. The van der Waals surface area contributed by atoms with E-state index in [-0.39, 0.29) is 5.41 Å². The highest BCUT2D eigenvalue weighted by molar-refractivity contribution is 9.10. The fraction of sp³-hybridized carbons (Fsp3) is 0.357. The SMILES string of the molecule is CCC(C)(C)c1cnc(-c2cccc(Br)c2)o1. The molecule has 17 heavy (non-hydrogen) atoms. The fourth-order valence-corrected chi connectivity index (χ4v) is 1.92. The lowest BCUT2D eigenvalue weighted by Gasteiger charge is -2.18. The Bertz CT molecular complexity index is 516. The van der Waals surface area contributed by atoms with Crippen molar-refractivity contribution < 1.29 is 4.42 Å². The van der Waals surface area contributed by atoms with Crippen LogP contribution in [0.5, 0.6) is 0 Å². The summed E-state index contributed by atoms with van der Waals surface area (Å²) in [5, 5.41) is 0. The predicted octanol–water partition coefficient (Wildman–Crippen LogP) is 4.79. The third-order valence-corrected chi connectivity index (χ3v) is 3.62. The van der Waals surface area contributed by atoms with Gasteiger partial charge in [-0.15, -0.1) is 0 Å². The van der Waals surface area contributed by atoms with Crippen molar-refractivity contribution in [2.45, 2.75) is 32.6 Å². The van der Waals surface area contributed by atoms with Gasteiger partial charge in [-0.1, -0.05) is 42.8 Å². The standard InChI is InChI=1S/C14H16BrNO/c1-4-14(2,3)12-9-16-13(17-12)10-6-5-7-11(15)8-10/h5-9H,4H2,1-3H3. The average Bonchev–Trinajstić information content (AvgIpc) is 2.79. The number of aromatic nitrogens is 1. The van der Waals surface area contributed by atoms with Gasteiger partial charge in [-0.2, -0.15) is 0 Å². The predicted molar refractivity (Wildman–Crippen MR) is 73.0 cm³/mol. The number of benzene rings is 1. The van der Waals surface area contributed by atoms with Crippen molar-refractivity contribution in [3.63, 3.8) is 0 Å². The molecule has 90 valence electrons. The first-order valence-electron chi connectivity index (χ1n) is 5.75. The first-order chi connectivity index (χ1) is 8.03. The number of nitrogens with zero attached hydrogens (tertiary/aromatic N) is 1. The van der Waals surface area contributed by atoms with Gasteiger partial charge < -0.3 is 4.42 Å². The lowest BCUT2D eigenvalue weighted by Crippen LogP contribution is -2.13. The van der Waals surface area contributed by atoms with Gasteiger partial charge in [-0.25, -0.2) is 4.98 Å². The Hall–Kier alpha value is -1.09. The molecular formula is C14H16BrNO. The molecule has 0 aliphatic rings. The molecule has 0 aliphatic carbocycles. The summed E-state index contributed by atoms with van der Waals surface area (Å²) in [4.78, 5) is 4.35. The van der Waals surface area contributed by atoms with E-state index in [0.29, 0.717) is 5.89 Å². The summed E-state index contributed by atoms with van der Waals surface area (Å²) in [5.74, 6) is 1.62. The maximum absolute atomic E-state index is 5.85. The van der Waals surface area contributed by atoms with Crippen molar-refractivity contribution >= 4 is 15.9 Å². The number of hydrogen-bond acceptors (Lipinski definition) is 2. The molecule has 0 radical (unpaired) electrons. The number of halogens is 1. The number of oxazole rings is 1. The van der Waals surface area contributed by atoms with Crippen LogP contribution >= 0.6 is 15.9 Å². The highest BCUT2D eigenvalue weighted by Gasteiger charge is 2.23. The summed E-state index contributed by atoms with van der Waals surface area (Å²) in [6.45, 7) is 6.48. The second-order valence-electron chi connectivity index (χ2n) is 4.78. The van der Waals surface area contributed by atoms with Gasteiger partial charge in [0, 0.05) is 15.5 Å². The van der Waals surface area contributed by atoms with Crippen molar-refractivity contribution in [2.24, 2.45) is 0 Å². The summed E-state index contributed by atoms with van der Waals surface area (Å²) in [6.07, 6.45) is 2.86. The fourth-order valence-electron chi connectivity index (χ4n) is 1.52. The Morgan fingerprint density at radius 2 is 2.12 bits per heavy atom. The molecule has 0 saturated carbocycles. The third kappa shape index (κ3) is 2.60. The first kappa shape index (κ1) is 12.4. The molecule has 2 rings (SSSR count). The quantitative estimate of drug-likeness (QED) is 0.813. The van der Waals surface area contributed by atoms with Gasteiger partial charge in [0.25, 0.3) is 0 Å². The highest BCUT2D eigenvalue weighted by Crippen LogP contribution is 2.30. The molecule has 0 spiro atoms. The van der Waals surface area contributed by atoms with Crippen molar-refractivity contribution in [3.8, 4) is 11.5 Å². The Morgan fingerprint density at radius 3 is 2.76 bits per heavy atom. The monoisotopic (exact) mass is 293 g/mol. The van der Waals surface area contributed by atoms with Gasteiger partial charge in [0.1, 0.15) is 5.76 Å². The van der Waals surface area contributed by atoms with E-state index in [4.69, 9.17) is 4.42 Å². The van der Waals surface area contributed by atoms with Crippen LogP contribution in [0.1, 0.15) is 33.0 Å². The molecule has 0 N–H and O–H groups in total. The molecule has 2 aromatic rings. The summed E-state index contributed by atoms with van der Waals surface area (Å²) >= 11 is 3.45.